The zero-order valence-corrected chi connectivity index (χ0v) is 9.78. The van der Waals surface area contributed by atoms with Gasteiger partial charge in [-0.05, 0) is 31.2 Å². The Labute approximate surface area is 101 Å². The molecule has 3 heteroatoms. The van der Waals surface area contributed by atoms with Crippen molar-refractivity contribution in [2.45, 2.75) is 37.6 Å². The van der Waals surface area contributed by atoms with Crippen LogP contribution in [0.3, 0.4) is 0 Å². The number of amides is 1. The molecule has 2 rings (SSSR count). The minimum absolute atomic E-state index is 0.0559. The first-order valence-corrected chi connectivity index (χ1v) is 6.00. The van der Waals surface area contributed by atoms with Crippen molar-refractivity contribution < 1.29 is 4.79 Å². The van der Waals surface area contributed by atoms with Gasteiger partial charge in [-0.15, -0.1) is 0 Å². The summed E-state index contributed by atoms with van der Waals surface area (Å²) in [6.45, 7) is 0. The van der Waals surface area contributed by atoms with Crippen molar-refractivity contribution in [2.75, 3.05) is 0 Å². The molecule has 0 heterocycles. The predicted octanol–water partition coefficient (Wildman–Crippen LogP) is 2.18. The summed E-state index contributed by atoms with van der Waals surface area (Å²) in [5.74, 6) is -0.0559. The zero-order valence-electron chi connectivity index (χ0n) is 9.78. The van der Waals surface area contributed by atoms with E-state index in [1.54, 1.807) is 0 Å². The summed E-state index contributed by atoms with van der Waals surface area (Å²) in [6.07, 6.45) is 3.97. The van der Waals surface area contributed by atoms with Crippen LogP contribution in [0.15, 0.2) is 30.3 Å². The number of hydrogen-bond donors (Lipinski definition) is 1. The summed E-state index contributed by atoms with van der Waals surface area (Å²) < 4.78 is 0. The van der Waals surface area contributed by atoms with Gasteiger partial charge in [-0.25, -0.2) is 0 Å². The van der Waals surface area contributed by atoms with Crippen LogP contribution in [-0.4, -0.2) is 11.4 Å². The minimum atomic E-state index is -0.605. The number of nitrogens with zero attached hydrogens (tertiary/aromatic N) is 1. The Morgan fingerprint density at radius 2 is 1.94 bits per heavy atom. The first-order valence-electron chi connectivity index (χ1n) is 6.00. The number of nitriles is 1. The smallest absolute Gasteiger partial charge is 0.225 e. The topological polar surface area (TPSA) is 52.9 Å². The monoisotopic (exact) mass is 228 g/mol. The van der Waals surface area contributed by atoms with Gasteiger partial charge in [0.25, 0.3) is 0 Å². The number of carbonyl (C=O) groups is 1. The molecule has 1 aromatic carbocycles. The molecule has 0 saturated heterocycles. The summed E-state index contributed by atoms with van der Waals surface area (Å²) in [7, 11) is 0. The van der Waals surface area contributed by atoms with Crippen molar-refractivity contribution in [1.29, 1.82) is 5.26 Å². The lowest BCUT2D eigenvalue weighted by atomic mass is 9.99. The van der Waals surface area contributed by atoms with E-state index < -0.39 is 5.54 Å². The number of benzene rings is 1. The summed E-state index contributed by atoms with van der Waals surface area (Å²) in [4.78, 5) is 11.9. The molecule has 0 aromatic heterocycles. The van der Waals surface area contributed by atoms with Gasteiger partial charge in [-0.1, -0.05) is 30.3 Å². The predicted molar refractivity (Wildman–Crippen MR) is 65.1 cm³/mol. The van der Waals surface area contributed by atoms with Gasteiger partial charge in [0, 0.05) is 0 Å². The van der Waals surface area contributed by atoms with Crippen molar-refractivity contribution in [3.63, 3.8) is 0 Å². The fourth-order valence-electron chi connectivity index (χ4n) is 2.34. The quantitative estimate of drug-likeness (QED) is 0.862. The van der Waals surface area contributed by atoms with Crippen LogP contribution in [0, 0.1) is 11.3 Å². The second-order valence-electron chi connectivity index (χ2n) is 4.61. The second-order valence-corrected chi connectivity index (χ2v) is 4.61. The van der Waals surface area contributed by atoms with Gasteiger partial charge in [-0.2, -0.15) is 5.26 Å². The molecule has 0 aliphatic heterocycles. The summed E-state index contributed by atoms with van der Waals surface area (Å²) in [5, 5.41) is 12.1. The maximum Gasteiger partial charge on any atom is 0.225 e. The van der Waals surface area contributed by atoms with Crippen LogP contribution in [0.1, 0.15) is 31.2 Å². The molecule has 88 valence electrons. The Hall–Kier alpha value is -1.82. The molecule has 1 aliphatic carbocycles. The molecule has 1 saturated carbocycles. The maximum atomic E-state index is 11.9. The summed E-state index contributed by atoms with van der Waals surface area (Å²) >= 11 is 0. The van der Waals surface area contributed by atoms with Crippen LogP contribution in [0.5, 0.6) is 0 Å². The molecule has 0 atom stereocenters. The Morgan fingerprint density at radius 3 is 2.53 bits per heavy atom. The third-order valence-electron chi connectivity index (χ3n) is 3.26. The highest BCUT2D eigenvalue weighted by Crippen LogP contribution is 2.28. The molecule has 1 amide bonds. The highest BCUT2D eigenvalue weighted by Gasteiger charge is 2.35. The van der Waals surface area contributed by atoms with E-state index >= 15 is 0 Å². The van der Waals surface area contributed by atoms with Gasteiger partial charge in [-0.3, -0.25) is 4.79 Å². The van der Waals surface area contributed by atoms with E-state index in [4.69, 9.17) is 5.26 Å². The van der Waals surface area contributed by atoms with Crippen molar-refractivity contribution in [2.24, 2.45) is 0 Å². The Balaban J connectivity index is 1.96. The molecule has 0 unspecified atom stereocenters. The minimum Gasteiger partial charge on any atom is -0.338 e. The average Bonchev–Trinajstić information content (AvgIpc) is 2.79. The van der Waals surface area contributed by atoms with Crippen LogP contribution >= 0.6 is 0 Å². The van der Waals surface area contributed by atoms with Crippen LogP contribution < -0.4 is 5.32 Å². The second kappa shape index (κ2) is 5.01. The van der Waals surface area contributed by atoms with Gasteiger partial charge < -0.3 is 5.32 Å². The fraction of sp³-hybridized carbons (Fsp3) is 0.429. The van der Waals surface area contributed by atoms with E-state index in [9.17, 15) is 4.79 Å². The molecule has 3 nitrogen and oxygen atoms in total. The molecule has 1 N–H and O–H groups in total. The molecule has 17 heavy (non-hydrogen) atoms. The van der Waals surface area contributed by atoms with Gasteiger partial charge >= 0.3 is 0 Å². The third kappa shape index (κ3) is 2.85. The van der Waals surface area contributed by atoms with Crippen LogP contribution in [0.4, 0.5) is 0 Å². The first kappa shape index (κ1) is 11.7. The van der Waals surface area contributed by atoms with Crippen LogP contribution in [-0.2, 0) is 11.2 Å². The van der Waals surface area contributed by atoms with Crippen molar-refractivity contribution in [3.8, 4) is 6.07 Å². The van der Waals surface area contributed by atoms with E-state index in [2.05, 4.69) is 11.4 Å². The summed E-state index contributed by atoms with van der Waals surface area (Å²) in [6, 6.07) is 11.9. The number of rotatable bonds is 3. The van der Waals surface area contributed by atoms with Crippen LogP contribution in [0.25, 0.3) is 0 Å². The van der Waals surface area contributed by atoms with E-state index in [-0.39, 0.29) is 5.91 Å². The van der Waals surface area contributed by atoms with Crippen LogP contribution in [0.2, 0.25) is 0 Å². The number of carbonyl (C=O) groups excluding carboxylic acids is 1. The van der Waals surface area contributed by atoms with Gasteiger partial charge in [0.15, 0.2) is 0 Å². The Kier molecular flexibility index (Phi) is 3.43. The molecule has 0 spiro atoms. The lowest BCUT2D eigenvalue weighted by molar-refractivity contribution is -0.121. The largest absolute Gasteiger partial charge is 0.338 e. The molecular formula is C14H16N2O. The highest BCUT2D eigenvalue weighted by molar-refractivity contribution is 5.79. The lowest BCUT2D eigenvalue weighted by Crippen LogP contribution is -2.45. The van der Waals surface area contributed by atoms with E-state index in [0.717, 1.165) is 31.2 Å². The van der Waals surface area contributed by atoms with Gasteiger partial charge in [0.2, 0.25) is 5.91 Å². The molecular weight excluding hydrogens is 212 g/mol. The first-order chi connectivity index (χ1) is 8.24. The van der Waals surface area contributed by atoms with E-state index in [1.165, 1.54) is 0 Å². The van der Waals surface area contributed by atoms with E-state index in [0.29, 0.717) is 6.42 Å². The molecule has 0 bridgehead atoms. The highest BCUT2D eigenvalue weighted by atomic mass is 16.1. The van der Waals surface area contributed by atoms with Gasteiger partial charge in [0.05, 0.1) is 12.5 Å². The fourth-order valence-corrected chi connectivity index (χ4v) is 2.34. The third-order valence-corrected chi connectivity index (χ3v) is 3.26. The standard InChI is InChI=1S/C14H16N2O/c15-11-14(8-4-5-9-14)16-13(17)10-12-6-2-1-3-7-12/h1-3,6-7H,4-5,8-10H2,(H,16,17). The number of hydrogen-bond acceptors (Lipinski definition) is 2. The SMILES string of the molecule is N#CC1(NC(=O)Cc2ccccc2)CCCC1. The molecule has 1 fully saturated rings. The van der Waals surface area contributed by atoms with Gasteiger partial charge in [0.1, 0.15) is 5.54 Å². The Bertz CT molecular complexity index is 427. The van der Waals surface area contributed by atoms with E-state index in [1.807, 2.05) is 30.3 Å². The normalized spacial score (nSPS) is 17.4. The van der Waals surface area contributed by atoms with Crippen molar-refractivity contribution in [3.05, 3.63) is 35.9 Å². The van der Waals surface area contributed by atoms with Crippen molar-refractivity contribution >= 4 is 5.91 Å². The average molecular weight is 228 g/mol. The lowest BCUT2D eigenvalue weighted by Gasteiger charge is -2.21. The summed E-state index contributed by atoms with van der Waals surface area (Å²) in [5.41, 5.74) is 0.377. The number of nitrogens with one attached hydrogen (secondary N) is 1. The molecule has 1 aromatic rings. The maximum absolute atomic E-state index is 11.9. The van der Waals surface area contributed by atoms with Crippen molar-refractivity contribution in [1.82, 2.24) is 5.32 Å². The Morgan fingerprint density at radius 1 is 1.29 bits per heavy atom. The zero-order chi connectivity index (χ0) is 12.1. The molecule has 0 radical (unpaired) electrons. The molecule has 1 aliphatic rings.